The molecule has 1 aliphatic heterocycles. The Balaban J connectivity index is 2.24. The van der Waals surface area contributed by atoms with Crippen LogP contribution in [0.5, 0.6) is 11.5 Å². The summed E-state index contributed by atoms with van der Waals surface area (Å²) in [6.07, 6.45) is 0. The molecule has 0 spiro atoms. The molecule has 0 aliphatic carbocycles. The summed E-state index contributed by atoms with van der Waals surface area (Å²) >= 11 is 2.20. The lowest BCUT2D eigenvalue weighted by Gasteiger charge is -2.23. The summed E-state index contributed by atoms with van der Waals surface area (Å²) in [5.41, 5.74) is 1.66. The number of carboxylic acid groups (broad SMARTS) is 1. The van der Waals surface area contributed by atoms with Crippen molar-refractivity contribution in [3.63, 3.8) is 0 Å². The van der Waals surface area contributed by atoms with Crippen molar-refractivity contribution < 1.29 is 14.6 Å². The number of rotatable bonds is 3. The van der Waals surface area contributed by atoms with Gasteiger partial charge in [0.1, 0.15) is 11.5 Å². The maximum Gasteiger partial charge on any atom is 0.311 e. The van der Waals surface area contributed by atoms with Gasteiger partial charge in [-0.05, 0) is 53.9 Å². The van der Waals surface area contributed by atoms with Crippen LogP contribution in [0.3, 0.4) is 0 Å². The molecule has 2 aromatic carbocycles. The van der Waals surface area contributed by atoms with E-state index < -0.39 is 11.9 Å². The molecule has 0 amide bonds. The van der Waals surface area contributed by atoms with Crippen LogP contribution in [0.15, 0.2) is 42.5 Å². The molecule has 4 nitrogen and oxygen atoms in total. The van der Waals surface area contributed by atoms with Gasteiger partial charge in [0.05, 0.1) is 5.92 Å². The second-order valence-electron chi connectivity index (χ2n) is 5.30. The van der Waals surface area contributed by atoms with Gasteiger partial charge in [-0.15, -0.1) is 0 Å². The van der Waals surface area contributed by atoms with E-state index in [0.717, 1.165) is 20.4 Å². The van der Waals surface area contributed by atoms with Gasteiger partial charge in [-0.3, -0.25) is 4.79 Å². The SMILES string of the molecule is CNC[C@@H]1c2ccccc2Oc2ccc(I)cc2[C@H]1C(=O)O. The Labute approximate surface area is 142 Å². The van der Waals surface area contributed by atoms with E-state index in [4.69, 9.17) is 4.74 Å². The molecule has 2 atom stereocenters. The average Bonchev–Trinajstić information content (AvgIpc) is 2.62. The molecule has 22 heavy (non-hydrogen) atoms. The number of carbonyl (C=O) groups is 1. The Bertz CT molecular complexity index is 717. The topological polar surface area (TPSA) is 58.6 Å². The molecule has 1 aliphatic rings. The Hall–Kier alpha value is -1.60. The molecule has 1 heterocycles. The first-order chi connectivity index (χ1) is 10.6. The standard InChI is InChI=1S/C17H16INO3/c1-19-9-13-11-4-2-3-5-14(11)22-15-7-6-10(18)8-12(15)16(13)17(20)21/h2-8,13,16,19H,9H2,1H3,(H,20,21)/t13-,16-/m1/s1. The molecule has 0 saturated heterocycles. The quantitative estimate of drug-likeness (QED) is 0.762. The second kappa shape index (κ2) is 6.26. The van der Waals surface area contributed by atoms with E-state index in [-0.39, 0.29) is 5.92 Å². The van der Waals surface area contributed by atoms with Gasteiger partial charge in [0.2, 0.25) is 0 Å². The van der Waals surface area contributed by atoms with Gasteiger partial charge < -0.3 is 15.2 Å². The van der Waals surface area contributed by atoms with Crippen molar-refractivity contribution in [2.45, 2.75) is 11.8 Å². The van der Waals surface area contributed by atoms with Gasteiger partial charge in [0.15, 0.2) is 0 Å². The lowest BCUT2D eigenvalue weighted by molar-refractivity contribution is -0.139. The first-order valence-electron chi connectivity index (χ1n) is 7.05. The Morgan fingerprint density at radius 3 is 2.68 bits per heavy atom. The zero-order chi connectivity index (χ0) is 15.7. The van der Waals surface area contributed by atoms with Gasteiger partial charge >= 0.3 is 5.97 Å². The van der Waals surface area contributed by atoms with Crippen molar-refractivity contribution in [1.29, 1.82) is 0 Å². The highest BCUT2D eigenvalue weighted by Gasteiger charge is 2.37. The number of benzene rings is 2. The first-order valence-corrected chi connectivity index (χ1v) is 8.13. The van der Waals surface area contributed by atoms with E-state index in [1.54, 1.807) is 0 Å². The first kappa shape index (κ1) is 15.3. The van der Waals surface area contributed by atoms with Gasteiger partial charge in [-0.1, -0.05) is 18.2 Å². The molecule has 0 unspecified atom stereocenters. The summed E-state index contributed by atoms with van der Waals surface area (Å²) in [5, 5.41) is 13.0. The van der Waals surface area contributed by atoms with E-state index >= 15 is 0 Å². The molecule has 2 N–H and O–H groups in total. The lowest BCUT2D eigenvalue weighted by atomic mass is 9.81. The zero-order valence-corrected chi connectivity index (χ0v) is 14.2. The number of aliphatic carboxylic acids is 1. The average molecular weight is 409 g/mol. The third-order valence-electron chi connectivity index (χ3n) is 3.94. The largest absolute Gasteiger partial charge is 0.481 e. The van der Waals surface area contributed by atoms with Crippen LogP contribution in [0.2, 0.25) is 0 Å². The maximum atomic E-state index is 12.0. The molecular formula is C17H16INO3. The highest BCUT2D eigenvalue weighted by atomic mass is 127. The summed E-state index contributed by atoms with van der Waals surface area (Å²) < 4.78 is 7.02. The smallest absolute Gasteiger partial charge is 0.311 e. The fourth-order valence-corrected chi connectivity index (χ4v) is 3.52. The van der Waals surface area contributed by atoms with Crippen molar-refractivity contribution in [3.8, 4) is 11.5 Å². The van der Waals surface area contributed by atoms with Crippen LogP contribution >= 0.6 is 22.6 Å². The summed E-state index contributed by atoms with van der Waals surface area (Å²) in [5.74, 6) is -0.296. The molecule has 0 bridgehead atoms. The third kappa shape index (κ3) is 2.70. The van der Waals surface area contributed by atoms with Crippen molar-refractivity contribution in [2.75, 3.05) is 13.6 Å². The summed E-state index contributed by atoms with van der Waals surface area (Å²) in [6, 6.07) is 13.4. The lowest BCUT2D eigenvalue weighted by Crippen LogP contribution is -2.27. The Morgan fingerprint density at radius 1 is 1.23 bits per heavy atom. The van der Waals surface area contributed by atoms with E-state index in [0.29, 0.717) is 12.3 Å². The highest BCUT2D eigenvalue weighted by Crippen LogP contribution is 2.46. The number of hydrogen-bond acceptors (Lipinski definition) is 3. The number of para-hydroxylation sites is 1. The zero-order valence-electron chi connectivity index (χ0n) is 12.0. The van der Waals surface area contributed by atoms with Crippen LogP contribution in [-0.2, 0) is 4.79 Å². The predicted molar refractivity (Wildman–Crippen MR) is 92.7 cm³/mol. The van der Waals surface area contributed by atoms with Crippen LogP contribution in [0.4, 0.5) is 0 Å². The van der Waals surface area contributed by atoms with Crippen LogP contribution in [0.1, 0.15) is 23.0 Å². The van der Waals surface area contributed by atoms with Crippen LogP contribution in [0, 0.1) is 3.57 Å². The monoisotopic (exact) mass is 409 g/mol. The number of fused-ring (bicyclic) bond motifs is 2. The summed E-state index contributed by atoms with van der Waals surface area (Å²) in [6.45, 7) is 0.572. The number of ether oxygens (including phenoxy) is 1. The number of nitrogens with one attached hydrogen (secondary N) is 1. The van der Waals surface area contributed by atoms with E-state index in [2.05, 4.69) is 27.9 Å². The molecule has 114 valence electrons. The minimum Gasteiger partial charge on any atom is -0.481 e. The van der Waals surface area contributed by atoms with E-state index in [1.165, 1.54) is 0 Å². The molecular weight excluding hydrogens is 393 g/mol. The van der Waals surface area contributed by atoms with Crippen molar-refractivity contribution in [1.82, 2.24) is 5.32 Å². The molecule has 0 radical (unpaired) electrons. The summed E-state index contributed by atoms with van der Waals surface area (Å²) in [7, 11) is 1.84. The number of hydrogen-bond donors (Lipinski definition) is 2. The fourth-order valence-electron chi connectivity index (χ4n) is 3.00. The minimum atomic E-state index is -0.830. The van der Waals surface area contributed by atoms with Gasteiger partial charge in [-0.2, -0.15) is 0 Å². The molecule has 0 fully saturated rings. The second-order valence-corrected chi connectivity index (χ2v) is 6.55. The molecule has 5 heteroatoms. The molecule has 0 aromatic heterocycles. The van der Waals surface area contributed by atoms with Gasteiger partial charge in [0.25, 0.3) is 0 Å². The molecule has 0 saturated carbocycles. The van der Waals surface area contributed by atoms with Crippen molar-refractivity contribution >= 4 is 28.6 Å². The minimum absolute atomic E-state index is 0.182. The summed E-state index contributed by atoms with van der Waals surface area (Å²) in [4.78, 5) is 12.0. The van der Waals surface area contributed by atoms with Gasteiger partial charge in [-0.25, -0.2) is 0 Å². The highest BCUT2D eigenvalue weighted by molar-refractivity contribution is 14.1. The van der Waals surface area contributed by atoms with E-state index in [9.17, 15) is 9.90 Å². The fraction of sp³-hybridized carbons (Fsp3) is 0.235. The molecule has 2 aromatic rings. The van der Waals surface area contributed by atoms with Crippen LogP contribution < -0.4 is 10.1 Å². The number of carboxylic acids is 1. The number of likely N-dealkylation sites (N-methyl/N-ethyl adjacent to an activating group) is 1. The van der Waals surface area contributed by atoms with Crippen molar-refractivity contribution in [3.05, 3.63) is 57.2 Å². The molecule has 3 rings (SSSR count). The van der Waals surface area contributed by atoms with Crippen LogP contribution in [-0.4, -0.2) is 24.7 Å². The van der Waals surface area contributed by atoms with Crippen molar-refractivity contribution in [2.24, 2.45) is 0 Å². The maximum absolute atomic E-state index is 12.0. The number of halogens is 1. The van der Waals surface area contributed by atoms with E-state index in [1.807, 2.05) is 49.5 Å². The van der Waals surface area contributed by atoms with Crippen LogP contribution in [0.25, 0.3) is 0 Å². The predicted octanol–water partition coefficient (Wildman–Crippen LogP) is 3.57. The Kier molecular flexibility index (Phi) is 4.35. The van der Waals surface area contributed by atoms with Gasteiger partial charge in [0, 0.05) is 27.2 Å². The Morgan fingerprint density at radius 2 is 1.95 bits per heavy atom. The third-order valence-corrected chi connectivity index (χ3v) is 4.61. The normalized spacial score (nSPS) is 19.5.